The number of hydrogen-bond donors (Lipinski definition) is 1. The first-order valence-electron chi connectivity index (χ1n) is 6.85. The van der Waals surface area contributed by atoms with E-state index in [2.05, 4.69) is 56.2 Å². The molecule has 0 amide bonds. The van der Waals surface area contributed by atoms with Crippen molar-refractivity contribution < 1.29 is 0 Å². The number of hydrogen-bond acceptors (Lipinski definition) is 2. The number of halogens is 1. The average molecular weight is 269 g/mol. The van der Waals surface area contributed by atoms with E-state index >= 15 is 0 Å². The van der Waals surface area contributed by atoms with Crippen LogP contribution < -0.4 is 10.2 Å². The fourth-order valence-corrected chi connectivity index (χ4v) is 2.59. The van der Waals surface area contributed by atoms with Crippen molar-refractivity contribution in [3.05, 3.63) is 28.8 Å². The Labute approximate surface area is 116 Å². The molecule has 0 bridgehead atoms. The van der Waals surface area contributed by atoms with Crippen LogP contribution in [0.1, 0.15) is 39.2 Å². The van der Waals surface area contributed by atoms with E-state index < -0.39 is 0 Å². The van der Waals surface area contributed by atoms with Gasteiger partial charge in [-0.15, -0.1) is 0 Å². The Kier molecular flexibility index (Phi) is 6.51. The first-order valence-corrected chi connectivity index (χ1v) is 7.23. The molecule has 0 spiro atoms. The van der Waals surface area contributed by atoms with E-state index in [0.717, 1.165) is 36.6 Å². The molecule has 1 rings (SSSR count). The zero-order valence-corrected chi connectivity index (χ0v) is 12.7. The SMILES string of the molecule is CCNCc1ccc(N(C)C(CC)CC)c(Cl)c1. The van der Waals surface area contributed by atoms with Crippen LogP contribution in [0.4, 0.5) is 5.69 Å². The number of anilines is 1. The van der Waals surface area contributed by atoms with Crippen molar-refractivity contribution in [1.29, 1.82) is 0 Å². The van der Waals surface area contributed by atoms with E-state index in [-0.39, 0.29) is 0 Å². The number of rotatable bonds is 7. The maximum Gasteiger partial charge on any atom is 0.0642 e. The fourth-order valence-electron chi connectivity index (χ4n) is 2.25. The fraction of sp³-hybridized carbons (Fsp3) is 0.600. The van der Waals surface area contributed by atoms with E-state index in [1.807, 2.05) is 0 Å². The summed E-state index contributed by atoms with van der Waals surface area (Å²) in [5.74, 6) is 0. The van der Waals surface area contributed by atoms with Crippen molar-refractivity contribution in [3.8, 4) is 0 Å². The van der Waals surface area contributed by atoms with Crippen molar-refractivity contribution >= 4 is 17.3 Å². The highest BCUT2D eigenvalue weighted by atomic mass is 35.5. The lowest BCUT2D eigenvalue weighted by Crippen LogP contribution is -2.30. The molecule has 102 valence electrons. The van der Waals surface area contributed by atoms with E-state index in [1.165, 1.54) is 5.56 Å². The highest BCUT2D eigenvalue weighted by Gasteiger charge is 2.14. The summed E-state index contributed by atoms with van der Waals surface area (Å²) in [7, 11) is 2.13. The van der Waals surface area contributed by atoms with Crippen LogP contribution in [0.2, 0.25) is 5.02 Å². The van der Waals surface area contributed by atoms with Crippen LogP contribution in [-0.4, -0.2) is 19.6 Å². The molecule has 18 heavy (non-hydrogen) atoms. The summed E-state index contributed by atoms with van der Waals surface area (Å²) in [6, 6.07) is 6.91. The first-order chi connectivity index (χ1) is 8.63. The Bertz CT molecular complexity index is 362. The quantitative estimate of drug-likeness (QED) is 0.802. The Morgan fingerprint density at radius 3 is 2.39 bits per heavy atom. The number of nitrogens with zero attached hydrogens (tertiary/aromatic N) is 1. The van der Waals surface area contributed by atoms with Gasteiger partial charge in [-0.3, -0.25) is 0 Å². The molecule has 0 saturated heterocycles. The number of benzene rings is 1. The summed E-state index contributed by atoms with van der Waals surface area (Å²) >= 11 is 6.39. The molecule has 0 radical (unpaired) electrons. The van der Waals surface area contributed by atoms with E-state index in [0.29, 0.717) is 6.04 Å². The van der Waals surface area contributed by atoms with Gasteiger partial charge in [0.05, 0.1) is 10.7 Å². The minimum absolute atomic E-state index is 0.558. The second kappa shape index (κ2) is 7.65. The van der Waals surface area contributed by atoms with Crippen molar-refractivity contribution in [3.63, 3.8) is 0 Å². The maximum absolute atomic E-state index is 6.39. The smallest absolute Gasteiger partial charge is 0.0642 e. The Morgan fingerprint density at radius 2 is 1.89 bits per heavy atom. The molecule has 0 heterocycles. The largest absolute Gasteiger partial charge is 0.370 e. The van der Waals surface area contributed by atoms with Crippen LogP contribution >= 0.6 is 11.6 Å². The van der Waals surface area contributed by atoms with Gasteiger partial charge in [0.15, 0.2) is 0 Å². The Hall–Kier alpha value is -0.730. The standard InChI is InChI=1S/C15H25ClN2/c1-5-13(6-2)18(4)15-9-8-12(10-14(15)16)11-17-7-3/h8-10,13,17H,5-7,11H2,1-4H3. The molecule has 0 fully saturated rings. The van der Waals surface area contributed by atoms with Crippen molar-refractivity contribution in [2.24, 2.45) is 0 Å². The minimum Gasteiger partial charge on any atom is -0.370 e. The van der Waals surface area contributed by atoms with Gasteiger partial charge in [-0.25, -0.2) is 0 Å². The first kappa shape index (κ1) is 15.3. The Balaban J connectivity index is 2.84. The third-order valence-corrected chi connectivity index (χ3v) is 3.76. The van der Waals surface area contributed by atoms with Crippen LogP contribution in [0.15, 0.2) is 18.2 Å². The van der Waals surface area contributed by atoms with E-state index in [1.54, 1.807) is 0 Å². The molecule has 0 saturated carbocycles. The molecule has 0 aliphatic rings. The van der Waals surface area contributed by atoms with Gasteiger partial charge in [-0.2, -0.15) is 0 Å². The summed E-state index contributed by atoms with van der Waals surface area (Å²) in [4.78, 5) is 2.29. The zero-order valence-electron chi connectivity index (χ0n) is 12.0. The highest BCUT2D eigenvalue weighted by Crippen LogP contribution is 2.28. The molecule has 3 heteroatoms. The van der Waals surface area contributed by atoms with Crippen molar-refractivity contribution in [2.75, 3.05) is 18.5 Å². The average Bonchev–Trinajstić information content (AvgIpc) is 2.37. The lowest BCUT2D eigenvalue weighted by molar-refractivity contribution is 0.591. The summed E-state index contributed by atoms with van der Waals surface area (Å²) in [6.07, 6.45) is 2.28. The molecule has 0 aromatic heterocycles. The van der Waals surface area contributed by atoms with Crippen LogP contribution in [0.3, 0.4) is 0 Å². The molecule has 2 nitrogen and oxygen atoms in total. The van der Waals surface area contributed by atoms with Gasteiger partial charge in [0.1, 0.15) is 0 Å². The maximum atomic E-state index is 6.39. The number of nitrogens with one attached hydrogen (secondary N) is 1. The van der Waals surface area contributed by atoms with Gasteiger partial charge >= 0.3 is 0 Å². The van der Waals surface area contributed by atoms with Crippen LogP contribution in [0, 0.1) is 0 Å². The molecule has 0 aliphatic heterocycles. The second-order valence-electron chi connectivity index (χ2n) is 4.65. The molecule has 1 aromatic carbocycles. The Morgan fingerprint density at radius 1 is 1.22 bits per heavy atom. The molecular weight excluding hydrogens is 244 g/mol. The highest BCUT2D eigenvalue weighted by molar-refractivity contribution is 6.33. The summed E-state index contributed by atoms with van der Waals surface area (Å²) in [6.45, 7) is 8.41. The molecule has 1 N–H and O–H groups in total. The summed E-state index contributed by atoms with van der Waals surface area (Å²) < 4.78 is 0. The van der Waals surface area contributed by atoms with Gasteiger partial charge in [-0.1, -0.05) is 38.4 Å². The van der Waals surface area contributed by atoms with Crippen LogP contribution in [-0.2, 0) is 6.54 Å². The van der Waals surface area contributed by atoms with E-state index in [4.69, 9.17) is 11.6 Å². The van der Waals surface area contributed by atoms with Crippen LogP contribution in [0.25, 0.3) is 0 Å². The molecular formula is C15H25ClN2. The van der Waals surface area contributed by atoms with Crippen LogP contribution in [0.5, 0.6) is 0 Å². The summed E-state index contributed by atoms with van der Waals surface area (Å²) in [5.41, 5.74) is 2.37. The second-order valence-corrected chi connectivity index (χ2v) is 5.05. The summed E-state index contributed by atoms with van der Waals surface area (Å²) in [5, 5.41) is 4.16. The third-order valence-electron chi connectivity index (χ3n) is 3.46. The molecule has 0 aliphatic carbocycles. The zero-order chi connectivity index (χ0) is 13.5. The molecule has 0 unspecified atom stereocenters. The van der Waals surface area contributed by atoms with Crippen molar-refractivity contribution in [2.45, 2.75) is 46.2 Å². The van der Waals surface area contributed by atoms with Gasteiger partial charge < -0.3 is 10.2 Å². The monoisotopic (exact) mass is 268 g/mol. The predicted octanol–water partition coefficient (Wildman–Crippen LogP) is 4.07. The van der Waals surface area contributed by atoms with Gasteiger partial charge in [-0.05, 0) is 37.1 Å². The topological polar surface area (TPSA) is 15.3 Å². The van der Waals surface area contributed by atoms with Gasteiger partial charge in [0, 0.05) is 19.6 Å². The normalized spacial score (nSPS) is 11.0. The predicted molar refractivity (Wildman–Crippen MR) is 81.6 cm³/mol. The third kappa shape index (κ3) is 3.89. The molecule has 0 atom stereocenters. The van der Waals surface area contributed by atoms with Crippen molar-refractivity contribution in [1.82, 2.24) is 5.32 Å². The van der Waals surface area contributed by atoms with Gasteiger partial charge in [0.2, 0.25) is 0 Å². The minimum atomic E-state index is 0.558. The molecule has 1 aromatic rings. The lowest BCUT2D eigenvalue weighted by atomic mass is 10.1. The lowest BCUT2D eigenvalue weighted by Gasteiger charge is -2.29. The van der Waals surface area contributed by atoms with E-state index in [9.17, 15) is 0 Å². The van der Waals surface area contributed by atoms with Gasteiger partial charge in [0.25, 0.3) is 0 Å².